The Morgan fingerprint density at radius 3 is 2.32 bits per heavy atom. The Labute approximate surface area is 145 Å². The summed E-state index contributed by atoms with van der Waals surface area (Å²) in [5.41, 5.74) is 0.823. The van der Waals surface area contributed by atoms with E-state index in [4.69, 9.17) is 4.55 Å². The third-order valence-corrected chi connectivity index (χ3v) is 7.59. The van der Waals surface area contributed by atoms with Gasteiger partial charge >= 0.3 is 0 Å². The molecular weight excluding hydrogens is 466 g/mol. The monoisotopic (exact) mass is 477 g/mol. The highest BCUT2D eigenvalue weighted by Crippen LogP contribution is 2.33. The van der Waals surface area contributed by atoms with Gasteiger partial charge in [0.1, 0.15) is 5.75 Å². The van der Waals surface area contributed by atoms with Crippen LogP contribution in [0.25, 0.3) is 0 Å². The molecule has 0 saturated carbocycles. The Bertz CT molecular complexity index is 789. The number of hydrogen-bond acceptors (Lipinski definition) is 5. The topological polar surface area (TPSA) is 118 Å². The van der Waals surface area contributed by atoms with Crippen LogP contribution in [0.4, 0.5) is 0 Å². The minimum Gasteiger partial charge on any atom is -0.354 e. The van der Waals surface area contributed by atoms with Crippen molar-refractivity contribution in [3.8, 4) is 0 Å². The van der Waals surface area contributed by atoms with Crippen molar-refractivity contribution in [3.05, 3.63) is 26.6 Å². The lowest BCUT2D eigenvalue weighted by Crippen LogP contribution is -2.33. The summed E-state index contributed by atoms with van der Waals surface area (Å²) < 4.78 is 54.8. The van der Waals surface area contributed by atoms with Crippen LogP contribution in [0.5, 0.6) is 0 Å². The summed E-state index contributed by atoms with van der Waals surface area (Å²) in [7, 11) is -8.11. The van der Waals surface area contributed by atoms with Crippen LogP contribution in [-0.2, 0) is 24.7 Å². The summed E-state index contributed by atoms with van der Waals surface area (Å²) in [6.45, 7) is 1.42. The van der Waals surface area contributed by atoms with Gasteiger partial charge in [-0.2, -0.15) is 8.42 Å². The standard InChI is InChI=1S/C11H13Br2NO6S2/c1-7-2-3-8(11(13)10(7)12)21(16,17)6-9(15)14-4-5-22(18,19)20/h2-3H,4-6H2,1H3,(H,14,15)(H,18,19,20). The van der Waals surface area contributed by atoms with Gasteiger partial charge in [0.05, 0.1) is 15.1 Å². The van der Waals surface area contributed by atoms with E-state index in [-0.39, 0.29) is 11.4 Å². The molecule has 22 heavy (non-hydrogen) atoms. The molecule has 1 rings (SSSR count). The lowest BCUT2D eigenvalue weighted by atomic mass is 10.2. The second kappa shape index (κ2) is 7.39. The van der Waals surface area contributed by atoms with E-state index in [0.29, 0.717) is 8.95 Å². The van der Waals surface area contributed by atoms with Gasteiger partial charge in [-0.25, -0.2) is 8.42 Å². The maximum absolute atomic E-state index is 12.2. The number of sulfone groups is 1. The van der Waals surface area contributed by atoms with Crippen LogP contribution >= 0.6 is 31.9 Å². The van der Waals surface area contributed by atoms with Gasteiger partial charge in [-0.15, -0.1) is 0 Å². The van der Waals surface area contributed by atoms with Crippen molar-refractivity contribution in [2.75, 3.05) is 18.1 Å². The normalized spacial score (nSPS) is 12.2. The molecule has 0 aromatic heterocycles. The summed E-state index contributed by atoms with van der Waals surface area (Å²) >= 11 is 6.41. The van der Waals surface area contributed by atoms with E-state index >= 15 is 0 Å². The molecule has 0 aliphatic carbocycles. The summed E-state index contributed by atoms with van der Waals surface area (Å²) in [4.78, 5) is 11.5. The van der Waals surface area contributed by atoms with Gasteiger partial charge < -0.3 is 5.32 Å². The molecule has 0 fully saturated rings. The molecule has 0 unspecified atom stereocenters. The van der Waals surface area contributed by atoms with E-state index in [0.717, 1.165) is 5.56 Å². The summed E-state index contributed by atoms with van der Waals surface area (Å²) in [5.74, 6) is -2.36. The highest BCUT2D eigenvalue weighted by atomic mass is 79.9. The summed E-state index contributed by atoms with van der Waals surface area (Å²) in [6.07, 6.45) is 0. The Balaban J connectivity index is 2.84. The van der Waals surface area contributed by atoms with Gasteiger partial charge in [0, 0.05) is 11.0 Å². The molecule has 7 nitrogen and oxygen atoms in total. The maximum Gasteiger partial charge on any atom is 0.266 e. The van der Waals surface area contributed by atoms with Crippen LogP contribution in [0.2, 0.25) is 0 Å². The molecule has 0 bridgehead atoms. The smallest absolute Gasteiger partial charge is 0.266 e. The van der Waals surface area contributed by atoms with Crippen LogP contribution in [0, 0.1) is 6.92 Å². The summed E-state index contributed by atoms with van der Waals surface area (Å²) in [5, 5.41) is 2.13. The lowest BCUT2D eigenvalue weighted by molar-refractivity contribution is -0.118. The second-order valence-corrected chi connectivity index (χ2v) is 9.52. The first-order chi connectivity index (χ1) is 9.94. The van der Waals surface area contributed by atoms with Crippen LogP contribution in [0.15, 0.2) is 26.0 Å². The van der Waals surface area contributed by atoms with Crippen molar-refractivity contribution < 1.29 is 26.2 Å². The average Bonchev–Trinajstić information content (AvgIpc) is 2.33. The number of rotatable bonds is 6. The number of benzene rings is 1. The minimum absolute atomic E-state index is 0.0464. The van der Waals surface area contributed by atoms with Gasteiger partial charge in [0.25, 0.3) is 10.1 Å². The molecule has 0 spiro atoms. The van der Waals surface area contributed by atoms with Crippen LogP contribution in [-0.4, -0.2) is 45.3 Å². The lowest BCUT2D eigenvalue weighted by Gasteiger charge is -2.10. The molecule has 0 saturated heterocycles. The van der Waals surface area contributed by atoms with E-state index in [1.54, 1.807) is 13.0 Å². The molecule has 1 amide bonds. The predicted octanol–water partition coefficient (Wildman–Crippen LogP) is 1.30. The predicted molar refractivity (Wildman–Crippen MR) is 88.1 cm³/mol. The number of carbonyl (C=O) groups excluding carboxylic acids is 1. The first kappa shape index (κ1) is 19.6. The zero-order valence-corrected chi connectivity index (χ0v) is 16.1. The molecule has 0 aliphatic rings. The molecule has 124 valence electrons. The van der Waals surface area contributed by atoms with Crippen molar-refractivity contribution in [1.82, 2.24) is 5.32 Å². The number of nitrogens with one attached hydrogen (secondary N) is 1. The fraction of sp³-hybridized carbons (Fsp3) is 0.364. The number of carbonyl (C=O) groups is 1. The number of hydrogen-bond donors (Lipinski definition) is 2. The highest BCUT2D eigenvalue weighted by molar-refractivity contribution is 9.13. The van der Waals surface area contributed by atoms with Crippen LogP contribution in [0.3, 0.4) is 0 Å². The van der Waals surface area contributed by atoms with Crippen LogP contribution < -0.4 is 5.32 Å². The first-order valence-electron chi connectivity index (χ1n) is 5.83. The third-order valence-electron chi connectivity index (χ3n) is 2.58. The van der Waals surface area contributed by atoms with Gasteiger partial charge in [-0.3, -0.25) is 9.35 Å². The van der Waals surface area contributed by atoms with E-state index in [2.05, 4.69) is 37.2 Å². The molecule has 2 N–H and O–H groups in total. The molecule has 1 aromatic rings. The molecule has 0 aliphatic heterocycles. The second-order valence-electron chi connectivity index (χ2n) is 4.40. The van der Waals surface area contributed by atoms with Gasteiger partial charge in [-0.05, 0) is 50.4 Å². The Hall–Kier alpha value is -0.490. The highest BCUT2D eigenvalue weighted by Gasteiger charge is 2.23. The fourth-order valence-electron chi connectivity index (χ4n) is 1.49. The first-order valence-corrected chi connectivity index (χ1v) is 10.7. The molecular formula is C11H13Br2NO6S2. The van der Waals surface area contributed by atoms with Crippen LogP contribution in [0.1, 0.15) is 5.56 Å². The van der Waals surface area contributed by atoms with E-state index in [1.807, 2.05) is 0 Å². The van der Waals surface area contributed by atoms with Crippen molar-refractivity contribution in [2.45, 2.75) is 11.8 Å². The van der Waals surface area contributed by atoms with Crippen molar-refractivity contribution in [2.24, 2.45) is 0 Å². The van der Waals surface area contributed by atoms with Crippen molar-refractivity contribution in [1.29, 1.82) is 0 Å². The SMILES string of the molecule is Cc1ccc(S(=O)(=O)CC(=O)NCCS(=O)(=O)O)c(Br)c1Br. The number of halogens is 2. The molecule has 0 radical (unpaired) electrons. The number of aryl methyl sites for hydroxylation is 1. The van der Waals surface area contributed by atoms with Crippen molar-refractivity contribution in [3.63, 3.8) is 0 Å². The van der Waals surface area contributed by atoms with E-state index in [9.17, 15) is 21.6 Å². The zero-order valence-electron chi connectivity index (χ0n) is 11.3. The minimum atomic E-state index is -4.21. The van der Waals surface area contributed by atoms with Gasteiger partial charge in [0.2, 0.25) is 5.91 Å². The molecule has 0 heterocycles. The third kappa shape index (κ3) is 5.61. The summed E-state index contributed by atoms with van der Waals surface area (Å²) in [6, 6.07) is 2.98. The van der Waals surface area contributed by atoms with Crippen molar-refractivity contribution >= 4 is 57.7 Å². The Morgan fingerprint density at radius 1 is 1.18 bits per heavy atom. The largest absolute Gasteiger partial charge is 0.354 e. The number of amides is 1. The van der Waals surface area contributed by atoms with E-state index < -0.39 is 37.4 Å². The maximum atomic E-state index is 12.2. The molecule has 0 atom stereocenters. The Morgan fingerprint density at radius 2 is 1.77 bits per heavy atom. The zero-order chi connectivity index (χ0) is 17.1. The average molecular weight is 479 g/mol. The van der Waals surface area contributed by atoms with E-state index in [1.165, 1.54) is 6.07 Å². The van der Waals surface area contributed by atoms with Gasteiger partial charge in [0.15, 0.2) is 9.84 Å². The fourth-order valence-corrected chi connectivity index (χ4v) is 4.76. The molecule has 1 aromatic carbocycles. The molecule has 11 heteroatoms. The Kier molecular flexibility index (Phi) is 6.57. The quantitative estimate of drug-likeness (QED) is 0.595. The van der Waals surface area contributed by atoms with Gasteiger partial charge in [-0.1, -0.05) is 6.07 Å².